The Labute approximate surface area is 190 Å². The molecule has 3 heteroatoms. The minimum atomic E-state index is -0.757. The third-order valence-corrected chi connectivity index (χ3v) is 6.05. The number of unbranched alkanes of at least 4 members (excludes halogenated alkanes) is 12. The van der Waals surface area contributed by atoms with E-state index in [1.54, 1.807) is 20.8 Å². The number of carbonyl (C=O) groups is 1. The van der Waals surface area contributed by atoms with Crippen LogP contribution in [0.5, 0.6) is 0 Å². The fourth-order valence-corrected chi connectivity index (χ4v) is 3.63. The number of hydrogen-bond acceptors (Lipinski definition) is 1. The molecule has 0 aliphatic rings. The van der Waals surface area contributed by atoms with Gasteiger partial charge in [0.1, 0.15) is 0 Å². The van der Waals surface area contributed by atoms with E-state index in [-0.39, 0.29) is 0 Å². The van der Waals surface area contributed by atoms with E-state index < -0.39 is 11.4 Å². The van der Waals surface area contributed by atoms with Crippen molar-refractivity contribution in [1.29, 1.82) is 0 Å². The molecule has 182 valence electrons. The van der Waals surface area contributed by atoms with Gasteiger partial charge < -0.3 is 9.59 Å². The number of carboxylic acids is 1. The van der Waals surface area contributed by atoms with Crippen molar-refractivity contribution in [2.45, 2.75) is 138 Å². The van der Waals surface area contributed by atoms with Crippen LogP contribution in [0.15, 0.2) is 0 Å². The van der Waals surface area contributed by atoms with Crippen molar-refractivity contribution in [1.82, 2.24) is 0 Å². The third kappa shape index (κ3) is 22.1. The standard InChI is InChI=1S/C22H48N.C5H10O2/c1-5-8-11-14-17-20-23(4,21-18-15-12-9-6-2)22-19-16-13-10-7-3;1-5(2,3)4(6)7/h5-22H2,1-4H3;1-3H3,(H,6,7)/q+1;. The summed E-state index contributed by atoms with van der Waals surface area (Å²) in [7, 11) is 2.54. The van der Waals surface area contributed by atoms with Gasteiger partial charge in [0.15, 0.2) is 0 Å². The maximum Gasteiger partial charge on any atom is 0.308 e. The van der Waals surface area contributed by atoms with Gasteiger partial charge in [-0.15, -0.1) is 0 Å². The van der Waals surface area contributed by atoms with E-state index in [0.29, 0.717) is 0 Å². The van der Waals surface area contributed by atoms with Gasteiger partial charge >= 0.3 is 5.97 Å². The van der Waals surface area contributed by atoms with Gasteiger partial charge in [0.25, 0.3) is 0 Å². The number of rotatable bonds is 18. The molecule has 0 rings (SSSR count). The highest BCUT2D eigenvalue weighted by Gasteiger charge is 2.20. The van der Waals surface area contributed by atoms with E-state index in [0.717, 1.165) is 0 Å². The molecule has 0 fully saturated rings. The zero-order valence-electron chi connectivity index (χ0n) is 22.0. The van der Waals surface area contributed by atoms with E-state index in [1.165, 1.54) is 120 Å². The van der Waals surface area contributed by atoms with Crippen LogP contribution in [0.2, 0.25) is 0 Å². The molecule has 0 aromatic carbocycles. The Hall–Kier alpha value is -0.570. The van der Waals surface area contributed by atoms with Crippen LogP contribution in [-0.2, 0) is 4.79 Å². The number of hydrogen-bond donors (Lipinski definition) is 1. The van der Waals surface area contributed by atoms with Gasteiger partial charge in [0.2, 0.25) is 0 Å². The monoisotopic (exact) mass is 428 g/mol. The van der Waals surface area contributed by atoms with Crippen molar-refractivity contribution in [3.8, 4) is 0 Å². The Kier molecular flexibility index (Phi) is 21.4. The van der Waals surface area contributed by atoms with Crippen LogP contribution in [0.1, 0.15) is 138 Å². The molecule has 1 N–H and O–H groups in total. The average molecular weight is 429 g/mol. The first-order valence-electron chi connectivity index (χ1n) is 13.2. The number of aliphatic carboxylic acids is 1. The Bertz CT molecular complexity index is 338. The summed E-state index contributed by atoms with van der Waals surface area (Å²) >= 11 is 0. The van der Waals surface area contributed by atoms with Gasteiger partial charge in [-0.2, -0.15) is 0 Å². The molecule has 30 heavy (non-hydrogen) atoms. The molecule has 0 bridgehead atoms. The topological polar surface area (TPSA) is 37.3 Å². The first kappa shape index (κ1) is 31.6. The first-order chi connectivity index (χ1) is 14.1. The lowest BCUT2D eigenvalue weighted by molar-refractivity contribution is -0.910. The zero-order valence-corrected chi connectivity index (χ0v) is 22.0. The lowest BCUT2D eigenvalue weighted by Crippen LogP contribution is -2.46. The lowest BCUT2D eigenvalue weighted by Gasteiger charge is -2.35. The Morgan fingerprint density at radius 2 is 0.833 bits per heavy atom. The lowest BCUT2D eigenvalue weighted by atomic mass is 9.98. The highest BCUT2D eigenvalue weighted by molar-refractivity contribution is 5.72. The molecule has 0 spiro atoms. The Morgan fingerprint density at radius 3 is 1.03 bits per heavy atom. The molecule has 0 aliphatic heterocycles. The van der Waals surface area contributed by atoms with Crippen LogP contribution in [0.3, 0.4) is 0 Å². The molecule has 0 saturated carbocycles. The van der Waals surface area contributed by atoms with Gasteiger partial charge in [0, 0.05) is 0 Å². The summed E-state index contributed by atoms with van der Waals surface area (Å²) in [4.78, 5) is 10.0. The van der Waals surface area contributed by atoms with Crippen LogP contribution >= 0.6 is 0 Å². The number of carboxylic acid groups (broad SMARTS) is 1. The van der Waals surface area contributed by atoms with Crippen molar-refractivity contribution in [2.75, 3.05) is 26.7 Å². The van der Waals surface area contributed by atoms with E-state index in [2.05, 4.69) is 27.8 Å². The van der Waals surface area contributed by atoms with Crippen LogP contribution in [-0.4, -0.2) is 42.2 Å². The molecule has 0 aromatic rings. The van der Waals surface area contributed by atoms with Crippen LogP contribution in [0, 0.1) is 5.41 Å². The van der Waals surface area contributed by atoms with Crippen molar-refractivity contribution >= 4 is 5.97 Å². The fourth-order valence-electron chi connectivity index (χ4n) is 3.63. The number of nitrogens with zero attached hydrogens (tertiary/aromatic N) is 1. The summed E-state index contributed by atoms with van der Waals surface area (Å²) < 4.78 is 1.35. The average Bonchev–Trinajstić information content (AvgIpc) is 2.67. The largest absolute Gasteiger partial charge is 0.481 e. The maximum atomic E-state index is 10.0. The van der Waals surface area contributed by atoms with Crippen molar-refractivity contribution in [3.05, 3.63) is 0 Å². The molecule has 0 aromatic heterocycles. The van der Waals surface area contributed by atoms with Crippen molar-refractivity contribution in [3.63, 3.8) is 0 Å². The molecule has 0 unspecified atom stereocenters. The van der Waals surface area contributed by atoms with Crippen LogP contribution < -0.4 is 0 Å². The summed E-state index contributed by atoms with van der Waals surface area (Å²) in [6.07, 6.45) is 21.4. The summed E-state index contributed by atoms with van der Waals surface area (Å²) in [6.45, 7) is 16.2. The van der Waals surface area contributed by atoms with Crippen molar-refractivity contribution in [2.24, 2.45) is 5.41 Å². The molecule has 0 atom stereocenters. The molecular weight excluding hydrogens is 370 g/mol. The van der Waals surface area contributed by atoms with Gasteiger partial charge in [-0.3, -0.25) is 4.79 Å². The molecule has 0 heterocycles. The summed E-state index contributed by atoms with van der Waals surface area (Å²) in [6, 6.07) is 0. The normalized spacial score (nSPS) is 11.8. The van der Waals surface area contributed by atoms with E-state index >= 15 is 0 Å². The number of quaternary nitrogens is 1. The SMILES string of the molecule is CC(C)(C)C(=O)O.CCCCCCC[N+](C)(CCCCCCC)CCCCCCC. The highest BCUT2D eigenvalue weighted by atomic mass is 16.4. The van der Waals surface area contributed by atoms with Gasteiger partial charge in [-0.05, 0) is 59.3 Å². The van der Waals surface area contributed by atoms with Crippen molar-refractivity contribution < 1.29 is 14.4 Å². The molecular formula is C27H58NO2+. The second-order valence-corrected chi connectivity index (χ2v) is 10.6. The minimum absolute atomic E-state index is 0.583. The first-order valence-corrected chi connectivity index (χ1v) is 13.2. The minimum Gasteiger partial charge on any atom is -0.481 e. The molecule has 0 amide bonds. The maximum absolute atomic E-state index is 10.0. The van der Waals surface area contributed by atoms with Gasteiger partial charge in [-0.25, -0.2) is 0 Å². The summed E-state index contributed by atoms with van der Waals surface area (Å²) in [5.41, 5.74) is -0.583. The van der Waals surface area contributed by atoms with Gasteiger partial charge in [0.05, 0.1) is 32.1 Å². The Morgan fingerprint density at radius 1 is 0.600 bits per heavy atom. The van der Waals surface area contributed by atoms with E-state index in [1.807, 2.05) is 0 Å². The predicted molar refractivity (Wildman–Crippen MR) is 134 cm³/mol. The quantitative estimate of drug-likeness (QED) is 0.175. The Balaban J connectivity index is 0. The van der Waals surface area contributed by atoms with E-state index in [4.69, 9.17) is 5.11 Å². The third-order valence-electron chi connectivity index (χ3n) is 6.05. The van der Waals surface area contributed by atoms with Crippen LogP contribution in [0.4, 0.5) is 0 Å². The van der Waals surface area contributed by atoms with E-state index in [9.17, 15) is 4.79 Å². The van der Waals surface area contributed by atoms with Gasteiger partial charge in [-0.1, -0.05) is 78.6 Å². The smallest absolute Gasteiger partial charge is 0.308 e. The fraction of sp³-hybridized carbons (Fsp3) is 0.963. The molecule has 3 nitrogen and oxygen atoms in total. The highest BCUT2D eigenvalue weighted by Crippen LogP contribution is 2.15. The summed E-state index contributed by atoms with van der Waals surface area (Å²) in [5.74, 6) is -0.757. The predicted octanol–water partition coefficient (Wildman–Crippen LogP) is 8.46. The molecule has 0 aliphatic carbocycles. The van der Waals surface area contributed by atoms with Crippen LogP contribution in [0.25, 0.3) is 0 Å². The second kappa shape index (κ2) is 20.3. The summed E-state index contributed by atoms with van der Waals surface area (Å²) in [5, 5.41) is 8.25. The second-order valence-electron chi connectivity index (χ2n) is 10.6. The molecule has 0 radical (unpaired) electrons. The zero-order chi connectivity index (χ0) is 23.3. The molecule has 0 saturated heterocycles.